The van der Waals surface area contributed by atoms with E-state index in [1.165, 1.54) is 19.8 Å². The molecule has 3 rings (SSSR count). The molecule has 0 saturated carbocycles. The summed E-state index contributed by atoms with van der Waals surface area (Å²) in [5.41, 5.74) is 0.649. The van der Waals surface area contributed by atoms with Crippen molar-refractivity contribution in [1.29, 1.82) is 0 Å². The largest absolute Gasteiger partial charge is 0.486 e. The molecule has 1 saturated heterocycles. The molecule has 0 bridgehead atoms. The van der Waals surface area contributed by atoms with Crippen LogP contribution in [-0.4, -0.2) is 29.7 Å². The highest BCUT2D eigenvalue weighted by Crippen LogP contribution is 2.18. The zero-order valence-corrected chi connectivity index (χ0v) is 14.5. The van der Waals surface area contributed by atoms with Crippen LogP contribution in [0, 0.1) is 0 Å². The van der Waals surface area contributed by atoms with Crippen molar-refractivity contribution >= 4 is 11.7 Å². The van der Waals surface area contributed by atoms with Gasteiger partial charge in [0.2, 0.25) is 0 Å². The smallest absolute Gasteiger partial charge is 0.289 e. The van der Waals surface area contributed by atoms with Crippen molar-refractivity contribution in [2.45, 2.75) is 39.2 Å². The number of carbonyl (C=O) groups is 2. The van der Waals surface area contributed by atoms with E-state index >= 15 is 0 Å². The number of likely N-dealkylation sites (tertiary alicyclic amines) is 1. The number of rotatable bonds is 5. The fourth-order valence-electron chi connectivity index (χ4n) is 2.94. The molecule has 1 aromatic carbocycles. The quantitative estimate of drug-likeness (QED) is 0.769. The number of hydrogen-bond donors (Lipinski definition) is 0. The van der Waals surface area contributed by atoms with Crippen molar-refractivity contribution in [3.05, 3.63) is 53.5 Å². The Hall–Kier alpha value is -2.56. The zero-order valence-electron chi connectivity index (χ0n) is 14.5. The summed E-state index contributed by atoms with van der Waals surface area (Å²) >= 11 is 0. The SMILES string of the molecule is CC(=O)c1ccc(OCc2ccc(C(=O)N3CCCCCC3)o2)cc1. The van der Waals surface area contributed by atoms with Crippen molar-refractivity contribution in [2.24, 2.45) is 0 Å². The second-order valence-corrected chi connectivity index (χ2v) is 6.34. The number of benzene rings is 1. The molecule has 2 aromatic rings. The van der Waals surface area contributed by atoms with Gasteiger partial charge in [0, 0.05) is 18.7 Å². The summed E-state index contributed by atoms with van der Waals surface area (Å²) in [6.45, 7) is 3.37. The van der Waals surface area contributed by atoms with Crippen molar-refractivity contribution in [3.63, 3.8) is 0 Å². The molecule has 5 heteroatoms. The van der Waals surface area contributed by atoms with Gasteiger partial charge in [-0.3, -0.25) is 9.59 Å². The van der Waals surface area contributed by atoms with Gasteiger partial charge in [-0.15, -0.1) is 0 Å². The lowest BCUT2D eigenvalue weighted by Gasteiger charge is -2.18. The Balaban J connectivity index is 1.57. The second kappa shape index (κ2) is 8.01. The summed E-state index contributed by atoms with van der Waals surface area (Å²) in [6.07, 6.45) is 4.48. The van der Waals surface area contributed by atoms with E-state index < -0.39 is 0 Å². The van der Waals surface area contributed by atoms with Crippen LogP contribution < -0.4 is 4.74 Å². The number of furan rings is 1. The Morgan fingerprint density at radius 3 is 2.32 bits per heavy atom. The Morgan fingerprint density at radius 1 is 1.00 bits per heavy atom. The van der Waals surface area contributed by atoms with Crippen LogP contribution in [-0.2, 0) is 6.61 Å². The highest BCUT2D eigenvalue weighted by molar-refractivity contribution is 5.94. The van der Waals surface area contributed by atoms with E-state index in [9.17, 15) is 9.59 Å². The van der Waals surface area contributed by atoms with Crippen LogP contribution in [0.15, 0.2) is 40.8 Å². The first-order chi connectivity index (χ1) is 12.1. The average Bonchev–Trinajstić information content (AvgIpc) is 2.93. The van der Waals surface area contributed by atoms with Crippen LogP contribution in [0.25, 0.3) is 0 Å². The van der Waals surface area contributed by atoms with Gasteiger partial charge in [-0.25, -0.2) is 0 Å². The minimum atomic E-state index is -0.0426. The lowest BCUT2D eigenvalue weighted by atomic mass is 10.1. The molecule has 1 fully saturated rings. The predicted octanol–water partition coefficient (Wildman–Crippen LogP) is 4.08. The maximum Gasteiger partial charge on any atom is 0.289 e. The molecule has 0 spiro atoms. The van der Waals surface area contributed by atoms with E-state index in [4.69, 9.17) is 9.15 Å². The van der Waals surface area contributed by atoms with Gasteiger partial charge in [0.05, 0.1) is 0 Å². The van der Waals surface area contributed by atoms with E-state index in [0.717, 1.165) is 25.9 Å². The van der Waals surface area contributed by atoms with Crippen LogP contribution in [0.2, 0.25) is 0 Å². The van der Waals surface area contributed by atoms with E-state index in [-0.39, 0.29) is 18.3 Å². The summed E-state index contributed by atoms with van der Waals surface area (Å²) in [5.74, 6) is 1.61. The van der Waals surface area contributed by atoms with Gasteiger partial charge < -0.3 is 14.1 Å². The predicted molar refractivity (Wildman–Crippen MR) is 93.9 cm³/mol. The van der Waals surface area contributed by atoms with Crippen LogP contribution in [0.1, 0.15) is 59.3 Å². The van der Waals surface area contributed by atoms with Crippen molar-refractivity contribution < 1.29 is 18.7 Å². The number of amides is 1. The van der Waals surface area contributed by atoms with Gasteiger partial charge in [0.1, 0.15) is 18.1 Å². The second-order valence-electron chi connectivity index (χ2n) is 6.34. The molecule has 132 valence electrons. The summed E-state index contributed by atoms with van der Waals surface area (Å²) in [7, 11) is 0. The van der Waals surface area contributed by atoms with Gasteiger partial charge in [0.25, 0.3) is 5.91 Å². The molecule has 1 amide bonds. The van der Waals surface area contributed by atoms with Gasteiger partial charge in [-0.2, -0.15) is 0 Å². The monoisotopic (exact) mass is 341 g/mol. The van der Waals surface area contributed by atoms with Crippen LogP contribution in [0.4, 0.5) is 0 Å². The van der Waals surface area contributed by atoms with Crippen molar-refractivity contribution in [2.75, 3.05) is 13.1 Å². The highest BCUT2D eigenvalue weighted by atomic mass is 16.5. The Morgan fingerprint density at radius 2 is 1.68 bits per heavy atom. The lowest BCUT2D eigenvalue weighted by Crippen LogP contribution is -2.31. The molecule has 0 unspecified atom stereocenters. The molecule has 5 nitrogen and oxygen atoms in total. The van der Waals surface area contributed by atoms with Crippen LogP contribution in [0.5, 0.6) is 5.75 Å². The van der Waals surface area contributed by atoms with E-state index in [2.05, 4.69) is 0 Å². The minimum absolute atomic E-state index is 0.0225. The van der Waals surface area contributed by atoms with E-state index in [1.807, 2.05) is 4.90 Å². The van der Waals surface area contributed by atoms with Crippen LogP contribution in [0.3, 0.4) is 0 Å². The highest BCUT2D eigenvalue weighted by Gasteiger charge is 2.20. The average molecular weight is 341 g/mol. The summed E-state index contributed by atoms with van der Waals surface area (Å²) in [5, 5.41) is 0. The number of ketones is 1. The first-order valence-corrected chi connectivity index (χ1v) is 8.75. The topological polar surface area (TPSA) is 59.8 Å². The number of ether oxygens (including phenoxy) is 1. The molecule has 0 radical (unpaired) electrons. The third-order valence-corrected chi connectivity index (χ3v) is 4.41. The fourth-order valence-corrected chi connectivity index (χ4v) is 2.94. The third kappa shape index (κ3) is 4.50. The molecule has 25 heavy (non-hydrogen) atoms. The van der Waals surface area contributed by atoms with Crippen molar-refractivity contribution in [1.82, 2.24) is 4.90 Å². The summed E-state index contributed by atoms with van der Waals surface area (Å²) in [6, 6.07) is 10.5. The summed E-state index contributed by atoms with van der Waals surface area (Å²) < 4.78 is 11.3. The maximum atomic E-state index is 12.5. The van der Waals surface area contributed by atoms with Crippen molar-refractivity contribution in [3.8, 4) is 5.75 Å². The summed E-state index contributed by atoms with van der Waals surface area (Å²) in [4.78, 5) is 25.6. The van der Waals surface area contributed by atoms with E-state index in [1.54, 1.807) is 36.4 Å². The molecule has 1 aliphatic rings. The van der Waals surface area contributed by atoms with Gasteiger partial charge in [-0.05, 0) is 56.2 Å². The molecule has 1 aliphatic heterocycles. The van der Waals surface area contributed by atoms with Crippen LogP contribution >= 0.6 is 0 Å². The minimum Gasteiger partial charge on any atom is -0.486 e. The Bertz CT molecular complexity index is 724. The van der Waals surface area contributed by atoms with E-state index in [0.29, 0.717) is 22.8 Å². The third-order valence-electron chi connectivity index (χ3n) is 4.41. The van der Waals surface area contributed by atoms with Gasteiger partial charge in [-0.1, -0.05) is 12.8 Å². The molecule has 2 heterocycles. The number of nitrogens with zero attached hydrogens (tertiary/aromatic N) is 1. The fraction of sp³-hybridized carbons (Fsp3) is 0.400. The lowest BCUT2D eigenvalue weighted by molar-refractivity contribution is 0.0725. The number of carbonyl (C=O) groups excluding carboxylic acids is 2. The standard InChI is InChI=1S/C20H23NO4/c1-15(22)16-6-8-17(9-7-16)24-14-18-10-11-19(25-18)20(23)21-12-4-2-3-5-13-21/h6-11H,2-5,12-14H2,1H3. The number of hydrogen-bond acceptors (Lipinski definition) is 4. The molecular weight excluding hydrogens is 318 g/mol. The Labute approximate surface area is 147 Å². The van der Waals surface area contributed by atoms with Gasteiger partial charge in [0.15, 0.2) is 11.5 Å². The molecule has 0 N–H and O–H groups in total. The number of Topliss-reactive ketones (excluding diaryl/α,β-unsaturated/α-hetero) is 1. The maximum absolute atomic E-state index is 12.5. The Kier molecular flexibility index (Phi) is 5.53. The molecule has 0 aliphatic carbocycles. The molecule has 0 atom stereocenters. The molecular formula is C20H23NO4. The van der Waals surface area contributed by atoms with Gasteiger partial charge >= 0.3 is 0 Å². The normalized spacial score (nSPS) is 14.8. The zero-order chi connectivity index (χ0) is 17.6. The first kappa shape index (κ1) is 17.3. The molecule has 1 aromatic heterocycles. The first-order valence-electron chi connectivity index (χ1n) is 8.75.